The molecule has 1 heterocycles. The zero-order valence-electron chi connectivity index (χ0n) is 10.3. The first-order valence-electron chi connectivity index (χ1n) is 5.60. The van der Waals surface area contributed by atoms with Crippen molar-refractivity contribution in [3.05, 3.63) is 52.3 Å². The number of nitrogens with two attached hydrogens (primary N) is 1. The lowest BCUT2D eigenvalue weighted by Gasteiger charge is -2.08. The molecule has 0 fully saturated rings. The molecule has 4 N–H and O–H groups in total. The summed E-state index contributed by atoms with van der Waals surface area (Å²) >= 11 is 3.37. The highest BCUT2D eigenvalue weighted by molar-refractivity contribution is 9.10. The Kier molecular flexibility index (Phi) is 4.13. The van der Waals surface area contributed by atoms with Crippen molar-refractivity contribution in [1.82, 2.24) is 4.98 Å². The largest absolute Gasteiger partial charge is 0.323 e. The number of aryl methyl sites for hydroxylation is 1. The third-order valence-corrected chi connectivity index (χ3v) is 3.10. The molecule has 2 rings (SSSR count). The monoisotopic (exact) mass is 320 g/mol. The number of aromatic nitrogens is 1. The molecule has 1 aromatic carbocycles. The second-order valence-corrected chi connectivity index (χ2v) is 4.91. The fraction of sp³-hybridized carbons (Fsp3) is 0.0769. The van der Waals surface area contributed by atoms with Crippen molar-refractivity contribution in [3.8, 4) is 0 Å². The number of halogens is 1. The molecule has 0 atom stereocenters. The van der Waals surface area contributed by atoms with Crippen LogP contribution in [0.5, 0.6) is 0 Å². The van der Waals surface area contributed by atoms with Crippen molar-refractivity contribution >= 4 is 33.2 Å². The molecule has 0 unspecified atom stereocenters. The van der Waals surface area contributed by atoms with Gasteiger partial charge in [0.05, 0.1) is 11.9 Å². The van der Waals surface area contributed by atoms with Crippen LogP contribution in [0.4, 0.5) is 11.4 Å². The van der Waals surface area contributed by atoms with E-state index in [-0.39, 0.29) is 5.91 Å². The van der Waals surface area contributed by atoms with Crippen LogP contribution in [0.15, 0.2) is 41.0 Å². The van der Waals surface area contributed by atoms with E-state index in [1.807, 2.05) is 25.1 Å². The molecule has 98 valence electrons. The number of nitrogen functional groups attached to an aromatic ring is 1. The fourth-order valence-electron chi connectivity index (χ4n) is 1.53. The maximum Gasteiger partial charge on any atom is 0.274 e. The van der Waals surface area contributed by atoms with Gasteiger partial charge in [-0.2, -0.15) is 0 Å². The minimum absolute atomic E-state index is 0.259. The second kappa shape index (κ2) is 5.81. The van der Waals surface area contributed by atoms with E-state index >= 15 is 0 Å². The molecule has 0 saturated heterocycles. The smallest absolute Gasteiger partial charge is 0.274 e. The zero-order valence-corrected chi connectivity index (χ0v) is 11.9. The third kappa shape index (κ3) is 3.30. The molecule has 0 radical (unpaired) electrons. The molecular formula is C13H13BrN4O. The molecule has 2 aromatic rings. The normalized spacial score (nSPS) is 10.1. The first kappa shape index (κ1) is 13.5. The summed E-state index contributed by atoms with van der Waals surface area (Å²) in [5, 5.41) is 2.82. The van der Waals surface area contributed by atoms with Gasteiger partial charge in [-0.05, 0) is 36.8 Å². The fourth-order valence-corrected chi connectivity index (χ4v) is 1.89. The summed E-state index contributed by atoms with van der Waals surface area (Å²) in [6, 6.07) is 9.00. The topological polar surface area (TPSA) is 80.0 Å². The molecule has 0 bridgehead atoms. The van der Waals surface area contributed by atoms with E-state index in [1.54, 1.807) is 12.1 Å². The van der Waals surface area contributed by atoms with E-state index in [9.17, 15) is 4.79 Å². The van der Waals surface area contributed by atoms with Crippen LogP contribution in [0.1, 0.15) is 16.1 Å². The van der Waals surface area contributed by atoms with Gasteiger partial charge >= 0.3 is 0 Å². The Bertz CT molecular complexity index is 598. The van der Waals surface area contributed by atoms with E-state index in [1.165, 1.54) is 6.20 Å². The number of nitrogens with one attached hydrogen (secondary N) is 2. The molecule has 5 nitrogen and oxygen atoms in total. The summed E-state index contributed by atoms with van der Waals surface area (Å²) in [6.07, 6.45) is 1.50. The van der Waals surface area contributed by atoms with Crippen LogP contribution < -0.4 is 16.6 Å². The molecule has 0 aliphatic carbocycles. The van der Waals surface area contributed by atoms with Crippen LogP contribution in [0.25, 0.3) is 0 Å². The van der Waals surface area contributed by atoms with Gasteiger partial charge < -0.3 is 10.7 Å². The molecule has 19 heavy (non-hydrogen) atoms. The van der Waals surface area contributed by atoms with Gasteiger partial charge in [-0.3, -0.25) is 10.6 Å². The van der Waals surface area contributed by atoms with E-state index in [2.05, 4.69) is 31.7 Å². The van der Waals surface area contributed by atoms with Gasteiger partial charge in [0, 0.05) is 10.2 Å². The lowest BCUT2D eigenvalue weighted by Crippen LogP contribution is -2.15. The number of carbonyl (C=O) groups excluding carboxylic acids is 1. The Morgan fingerprint density at radius 2 is 2.11 bits per heavy atom. The van der Waals surface area contributed by atoms with Gasteiger partial charge in [-0.1, -0.05) is 22.0 Å². The van der Waals surface area contributed by atoms with Crippen LogP contribution in [0.2, 0.25) is 0 Å². The maximum absolute atomic E-state index is 12.0. The van der Waals surface area contributed by atoms with E-state index in [0.717, 1.165) is 15.7 Å². The summed E-state index contributed by atoms with van der Waals surface area (Å²) in [6.45, 7) is 1.93. The third-order valence-electron chi connectivity index (χ3n) is 2.61. The SMILES string of the molecule is Cc1ccc(Br)cc1NC(=O)c1ccc(NN)cn1. The summed E-state index contributed by atoms with van der Waals surface area (Å²) in [5.74, 6) is 4.98. The lowest BCUT2D eigenvalue weighted by atomic mass is 10.2. The van der Waals surface area contributed by atoms with Crippen LogP contribution in [0.3, 0.4) is 0 Å². The van der Waals surface area contributed by atoms with Gasteiger partial charge in [0.25, 0.3) is 5.91 Å². The van der Waals surface area contributed by atoms with Gasteiger partial charge in [-0.25, -0.2) is 4.98 Å². The van der Waals surface area contributed by atoms with Crippen LogP contribution >= 0.6 is 15.9 Å². The average Bonchev–Trinajstić information content (AvgIpc) is 2.43. The number of nitrogens with zero attached hydrogens (tertiary/aromatic N) is 1. The number of rotatable bonds is 3. The number of hydrazine groups is 1. The molecular weight excluding hydrogens is 308 g/mol. The molecule has 1 amide bonds. The highest BCUT2D eigenvalue weighted by atomic mass is 79.9. The van der Waals surface area contributed by atoms with Gasteiger partial charge in [0.2, 0.25) is 0 Å². The number of carbonyl (C=O) groups is 1. The summed E-state index contributed by atoms with van der Waals surface area (Å²) in [7, 11) is 0. The van der Waals surface area contributed by atoms with E-state index in [4.69, 9.17) is 5.84 Å². The first-order valence-corrected chi connectivity index (χ1v) is 6.39. The van der Waals surface area contributed by atoms with E-state index in [0.29, 0.717) is 11.4 Å². The van der Waals surface area contributed by atoms with Crippen molar-refractivity contribution in [2.24, 2.45) is 5.84 Å². The molecule has 0 spiro atoms. The minimum atomic E-state index is -0.259. The highest BCUT2D eigenvalue weighted by Crippen LogP contribution is 2.21. The van der Waals surface area contributed by atoms with Crippen LogP contribution in [-0.2, 0) is 0 Å². The Balaban J connectivity index is 2.18. The summed E-state index contributed by atoms with van der Waals surface area (Å²) in [5.41, 5.74) is 5.17. The quantitative estimate of drug-likeness (QED) is 0.600. The Morgan fingerprint density at radius 1 is 1.32 bits per heavy atom. The Labute approximate surface area is 119 Å². The predicted octanol–water partition coefficient (Wildman–Crippen LogP) is 2.69. The minimum Gasteiger partial charge on any atom is -0.323 e. The van der Waals surface area contributed by atoms with Gasteiger partial charge in [-0.15, -0.1) is 0 Å². The molecule has 1 aromatic heterocycles. The van der Waals surface area contributed by atoms with Crippen LogP contribution in [-0.4, -0.2) is 10.9 Å². The first-order chi connectivity index (χ1) is 9.10. The number of hydrogen-bond donors (Lipinski definition) is 3. The maximum atomic E-state index is 12.0. The second-order valence-electron chi connectivity index (χ2n) is 3.99. The van der Waals surface area contributed by atoms with Crippen molar-refractivity contribution in [3.63, 3.8) is 0 Å². The molecule has 0 aliphatic heterocycles. The number of benzene rings is 1. The lowest BCUT2D eigenvalue weighted by molar-refractivity contribution is 0.102. The van der Waals surface area contributed by atoms with Gasteiger partial charge in [0.15, 0.2) is 0 Å². The number of amides is 1. The van der Waals surface area contributed by atoms with Crippen molar-refractivity contribution < 1.29 is 4.79 Å². The van der Waals surface area contributed by atoms with Crippen molar-refractivity contribution in [2.75, 3.05) is 10.7 Å². The van der Waals surface area contributed by atoms with Crippen LogP contribution in [0, 0.1) is 6.92 Å². The number of hydrogen-bond acceptors (Lipinski definition) is 4. The van der Waals surface area contributed by atoms with E-state index < -0.39 is 0 Å². The van der Waals surface area contributed by atoms with Crippen molar-refractivity contribution in [2.45, 2.75) is 6.92 Å². The summed E-state index contributed by atoms with van der Waals surface area (Å²) < 4.78 is 0.907. The molecule has 6 heteroatoms. The Hall–Kier alpha value is -1.92. The average molecular weight is 321 g/mol. The molecule has 0 aliphatic rings. The van der Waals surface area contributed by atoms with Crippen molar-refractivity contribution in [1.29, 1.82) is 0 Å². The number of pyridine rings is 1. The highest BCUT2D eigenvalue weighted by Gasteiger charge is 2.09. The number of anilines is 2. The molecule has 0 saturated carbocycles. The predicted molar refractivity (Wildman–Crippen MR) is 78.9 cm³/mol. The standard InChI is InChI=1S/C13H13BrN4O/c1-8-2-3-9(14)6-12(8)17-13(19)11-5-4-10(18-15)7-16-11/h2-7,18H,15H2,1H3,(H,17,19). The summed E-state index contributed by atoms with van der Waals surface area (Å²) in [4.78, 5) is 16.1. The Morgan fingerprint density at radius 3 is 2.74 bits per heavy atom. The van der Waals surface area contributed by atoms with Gasteiger partial charge in [0.1, 0.15) is 5.69 Å². The zero-order chi connectivity index (χ0) is 13.8.